The van der Waals surface area contributed by atoms with Crippen molar-refractivity contribution in [3.05, 3.63) is 199 Å². The lowest BCUT2D eigenvalue weighted by Crippen LogP contribution is -2.16. The first-order valence-electron chi connectivity index (χ1n) is 21.4. The molecule has 64 heavy (non-hydrogen) atoms. The highest BCUT2D eigenvalue weighted by Crippen LogP contribution is 2.50. The minimum Gasteiger partial charge on any atom is -0.406 e. The molecule has 0 aliphatic carbocycles. The first-order valence-corrected chi connectivity index (χ1v) is 21.4. The van der Waals surface area contributed by atoms with Gasteiger partial charge in [0.15, 0.2) is 0 Å². The van der Waals surface area contributed by atoms with Crippen LogP contribution in [0.5, 0.6) is 5.75 Å². The van der Waals surface area contributed by atoms with Gasteiger partial charge in [0.25, 0.3) is 0 Å². The minimum atomic E-state index is -4.80. The second kappa shape index (κ2) is 14.8. The zero-order chi connectivity index (χ0) is 43.9. The maximum Gasteiger partial charge on any atom is 0.573 e. The van der Waals surface area contributed by atoms with Gasteiger partial charge in [0.05, 0.1) is 0 Å². The molecule has 0 aromatic heterocycles. The summed E-state index contributed by atoms with van der Waals surface area (Å²) in [4.78, 5) is 0. The number of rotatable bonds is 5. The molecule has 11 aromatic rings. The number of ether oxygens (including phenoxy) is 1. The van der Waals surface area contributed by atoms with E-state index in [4.69, 9.17) is 0 Å². The highest BCUT2D eigenvalue weighted by Gasteiger charge is 2.31. The highest BCUT2D eigenvalue weighted by molar-refractivity contribution is 6.29. The molecule has 0 unspecified atom stereocenters. The fourth-order valence-corrected chi connectivity index (χ4v) is 9.73. The van der Waals surface area contributed by atoms with E-state index in [1.807, 2.05) is 24.3 Å². The molecule has 0 saturated carbocycles. The standard InChI is InChI=1S/C59H40F4O/c1-58(2,3)41-22-16-35(17-23-41)37-20-27-50-55(31-37)57(53-34-40-30-42(60)24-29-45(40)47-13-7-9-15-49(47)53)51-28-21-38(36-18-25-43(26-19-36)64-59(61,62)63)32-54(51)56(50)52-33-39-10-4-5-11-44(39)46-12-6-8-14-48(46)52/h4-34H,1-3H3. The number of fused-ring (bicyclic) bond motifs is 8. The number of benzene rings is 11. The molecular weight excluding hydrogens is 801 g/mol. The van der Waals surface area contributed by atoms with Gasteiger partial charge in [0.2, 0.25) is 0 Å². The van der Waals surface area contributed by atoms with E-state index in [0.29, 0.717) is 0 Å². The summed E-state index contributed by atoms with van der Waals surface area (Å²) in [7, 11) is 0. The lowest BCUT2D eigenvalue weighted by Gasteiger charge is -2.22. The third-order valence-electron chi connectivity index (χ3n) is 12.7. The van der Waals surface area contributed by atoms with Gasteiger partial charge in [-0.25, -0.2) is 4.39 Å². The Labute approximate surface area is 367 Å². The molecular formula is C59H40F4O. The van der Waals surface area contributed by atoms with Crippen LogP contribution in [0.4, 0.5) is 17.6 Å². The van der Waals surface area contributed by atoms with Crippen LogP contribution in [0.25, 0.3) is 109 Å². The van der Waals surface area contributed by atoms with E-state index < -0.39 is 6.36 Å². The molecule has 1 nitrogen and oxygen atoms in total. The smallest absolute Gasteiger partial charge is 0.406 e. The Bertz CT molecular complexity index is 3650. The van der Waals surface area contributed by atoms with Crippen LogP contribution in [0.15, 0.2) is 188 Å². The topological polar surface area (TPSA) is 9.23 Å². The normalized spacial score (nSPS) is 12.3. The van der Waals surface area contributed by atoms with Crippen molar-refractivity contribution < 1.29 is 22.3 Å². The fraction of sp³-hybridized carbons (Fsp3) is 0.0847. The first kappa shape index (κ1) is 39.4. The van der Waals surface area contributed by atoms with Crippen molar-refractivity contribution in [1.29, 1.82) is 0 Å². The highest BCUT2D eigenvalue weighted by atomic mass is 19.4. The van der Waals surface area contributed by atoms with Crippen molar-refractivity contribution in [1.82, 2.24) is 0 Å². The Kier molecular flexibility index (Phi) is 9.11. The van der Waals surface area contributed by atoms with E-state index in [-0.39, 0.29) is 17.0 Å². The Balaban J connectivity index is 1.30. The molecule has 0 heterocycles. The largest absolute Gasteiger partial charge is 0.573 e. The number of alkyl halides is 3. The fourth-order valence-electron chi connectivity index (χ4n) is 9.73. The van der Waals surface area contributed by atoms with Gasteiger partial charge in [-0.3, -0.25) is 0 Å². The minimum absolute atomic E-state index is 0.000119. The van der Waals surface area contributed by atoms with Gasteiger partial charge in [-0.2, -0.15) is 0 Å². The van der Waals surface area contributed by atoms with Crippen LogP contribution in [0, 0.1) is 5.82 Å². The van der Waals surface area contributed by atoms with Crippen molar-refractivity contribution in [3.8, 4) is 50.3 Å². The van der Waals surface area contributed by atoms with Crippen molar-refractivity contribution in [2.45, 2.75) is 32.5 Å². The number of hydrogen-bond donors (Lipinski definition) is 0. The monoisotopic (exact) mass is 840 g/mol. The molecule has 0 aliphatic heterocycles. The van der Waals surface area contributed by atoms with Gasteiger partial charge in [0, 0.05) is 0 Å². The first-order chi connectivity index (χ1) is 30.9. The average molecular weight is 841 g/mol. The van der Waals surface area contributed by atoms with Crippen molar-refractivity contribution in [2.75, 3.05) is 0 Å². The molecule has 0 N–H and O–H groups in total. The van der Waals surface area contributed by atoms with Crippen molar-refractivity contribution in [2.24, 2.45) is 0 Å². The molecule has 0 saturated heterocycles. The van der Waals surface area contributed by atoms with Gasteiger partial charge in [-0.05, 0) is 169 Å². The number of hydrogen-bond acceptors (Lipinski definition) is 1. The molecule has 0 aliphatic rings. The van der Waals surface area contributed by atoms with E-state index >= 15 is 4.39 Å². The zero-order valence-corrected chi connectivity index (χ0v) is 35.3. The summed E-state index contributed by atoms with van der Waals surface area (Å²) in [6.45, 7) is 6.65. The van der Waals surface area contributed by atoms with E-state index in [0.717, 1.165) is 109 Å². The van der Waals surface area contributed by atoms with Gasteiger partial charge in [-0.15, -0.1) is 13.2 Å². The molecule has 0 radical (unpaired) electrons. The molecule has 0 amide bonds. The van der Waals surface area contributed by atoms with Gasteiger partial charge >= 0.3 is 6.36 Å². The molecule has 5 heteroatoms. The third-order valence-corrected chi connectivity index (χ3v) is 12.7. The average Bonchev–Trinajstić information content (AvgIpc) is 3.29. The van der Waals surface area contributed by atoms with Crippen LogP contribution in [0.2, 0.25) is 0 Å². The molecule has 0 bridgehead atoms. The lowest BCUT2D eigenvalue weighted by atomic mass is 9.81. The van der Waals surface area contributed by atoms with E-state index in [1.54, 1.807) is 18.2 Å². The Morgan fingerprint density at radius 3 is 1.33 bits per heavy atom. The summed E-state index contributed by atoms with van der Waals surface area (Å²) in [6.07, 6.45) is -4.80. The van der Waals surface area contributed by atoms with E-state index in [9.17, 15) is 13.2 Å². The molecule has 310 valence electrons. The van der Waals surface area contributed by atoms with Crippen LogP contribution in [-0.2, 0) is 5.41 Å². The van der Waals surface area contributed by atoms with Crippen LogP contribution in [-0.4, -0.2) is 6.36 Å². The van der Waals surface area contributed by atoms with Crippen molar-refractivity contribution >= 4 is 64.6 Å². The summed E-state index contributed by atoms with van der Waals surface area (Å²) in [5.41, 5.74) is 9.08. The SMILES string of the molecule is CC(C)(C)c1ccc(-c2ccc3c(-c4cc5ccccc5c5ccccc45)c4cc(-c5ccc(OC(F)(F)F)cc5)ccc4c(-c4cc5cc(F)ccc5c5ccccc45)c3c2)cc1. The maximum atomic E-state index is 15.1. The predicted molar refractivity (Wildman–Crippen MR) is 259 cm³/mol. The van der Waals surface area contributed by atoms with Crippen molar-refractivity contribution in [3.63, 3.8) is 0 Å². The summed E-state index contributed by atoms with van der Waals surface area (Å²) in [5, 5.41) is 12.4. The molecule has 11 rings (SSSR count). The summed E-state index contributed by atoms with van der Waals surface area (Å²) >= 11 is 0. The molecule has 11 aromatic carbocycles. The predicted octanol–water partition coefficient (Wildman–Crippen LogP) is 17.6. The zero-order valence-electron chi connectivity index (χ0n) is 35.3. The Morgan fingerprint density at radius 2 is 0.797 bits per heavy atom. The molecule has 0 atom stereocenters. The quantitative estimate of drug-likeness (QED) is 0.0953. The second-order valence-electron chi connectivity index (χ2n) is 17.7. The lowest BCUT2D eigenvalue weighted by molar-refractivity contribution is -0.274. The van der Waals surface area contributed by atoms with Crippen LogP contribution in [0.1, 0.15) is 26.3 Å². The van der Waals surface area contributed by atoms with E-state index in [2.05, 4.69) is 153 Å². The number of halogens is 4. The molecule has 0 fully saturated rings. The second-order valence-corrected chi connectivity index (χ2v) is 17.7. The third kappa shape index (κ3) is 6.80. The van der Waals surface area contributed by atoms with Gasteiger partial charge in [0.1, 0.15) is 11.6 Å². The Morgan fingerprint density at radius 1 is 0.359 bits per heavy atom. The van der Waals surface area contributed by atoms with Crippen LogP contribution < -0.4 is 4.74 Å². The van der Waals surface area contributed by atoms with Gasteiger partial charge in [-0.1, -0.05) is 160 Å². The maximum absolute atomic E-state index is 15.1. The molecule has 0 spiro atoms. The summed E-state index contributed by atoms with van der Waals surface area (Å²) in [6, 6.07) is 62.6. The van der Waals surface area contributed by atoms with Crippen LogP contribution in [0.3, 0.4) is 0 Å². The summed E-state index contributed by atoms with van der Waals surface area (Å²) in [5.74, 6) is -0.587. The summed E-state index contributed by atoms with van der Waals surface area (Å²) < 4.78 is 59.0. The Hall–Kier alpha value is -7.50. The van der Waals surface area contributed by atoms with Crippen LogP contribution >= 0.6 is 0 Å². The van der Waals surface area contributed by atoms with Gasteiger partial charge < -0.3 is 4.74 Å². The van der Waals surface area contributed by atoms with E-state index in [1.165, 1.54) is 23.8 Å².